The maximum absolute atomic E-state index is 12.7. The van der Waals surface area contributed by atoms with Crippen LogP contribution in [0.3, 0.4) is 0 Å². The molecule has 8 heteroatoms. The minimum absolute atomic E-state index is 0. The van der Waals surface area contributed by atoms with Crippen LogP contribution < -0.4 is 5.73 Å². The fraction of sp³-hybridized carbons (Fsp3) is 0.696. The second-order valence-corrected chi connectivity index (χ2v) is 8.61. The fourth-order valence-corrected chi connectivity index (χ4v) is 4.56. The van der Waals surface area contributed by atoms with Crippen molar-refractivity contribution in [2.24, 2.45) is 5.92 Å². The number of nitrogens with two attached hydrogens (primary N) is 1. The van der Waals surface area contributed by atoms with E-state index in [2.05, 4.69) is 30.9 Å². The van der Waals surface area contributed by atoms with Gasteiger partial charge in [-0.05, 0) is 62.8 Å². The van der Waals surface area contributed by atoms with Crippen molar-refractivity contribution >= 4 is 36.5 Å². The molecule has 0 radical (unpaired) electrons. The number of likely N-dealkylation sites (tertiary alicyclic amines) is 1. The third-order valence-corrected chi connectivity index (χ3v) is 6.28. The molecule has 178 valence electrons. The molecule has 0 saturated carbocycles. The Morgan fingerprint density at radius 1 is 1.16 bits per heavy atom. The fourth-order valence-electron chi connectivity index (χ4n) is 4.56. The summed E-state index contributed by atoms with van der Waals surface area (Å²) in [6, 6.07) is 8.95. The number of piperidine rings is 1. The highest BCUT2D eigenvalue weighted by Gasteiger charge is 2.28. The highest BCUT2D eigenvalue weighted by molar-refractivity contribution is 5.85. The van der Waals surface area contributed by atoms with Crippen LogP contribution in [0.1, 0.15) is 38.7 Å². The number of morpholine rings is 1. The molecule has 1 aromatic carbocycles. The van der Waals surface area contributed by atoms with Gasteiger partial charge in [0, 0.05) is 44.5 Å². The number of rotatable bonds is 7. The molecular formula is C23H40Cl2N4O2. The van der Waals surface area contributed by atoms with Gasteiger partial charge in [-0.1, -0.05) is 19.1 Å². The van der Waals surface area contributed by atoms with E-state index in [-0.39, 0.29) is 30.8 Å². The van der Waals surface area contributed by atoms with Crippen molar-refractivity contribution in [3.63, 3.8) is 0 Å². The van der Waals surface area contributed by atoms with Crippen LogP contribution in [0.25, 0.3) is 0 Å². The van der Waals surface area contributed by atoms with Gasteiger partial charge in [-0.3, -0.25) is 0 Å². The van der Waals surface area contributed by atoms with Crippen LogP contribution >= 0.6 is 24.8 Å². The Labute approximate surface area is 200 Å². The SMILES string of the molecule is CCCN(CC1CCN(C(=O)N2CCOCC2)CC1)C(C)Cc1cccc(N)c1.Cl.Cl. The summed E-state index contributed by atoms with van der Waals surface area (Å²) >= 11 is 0. The Morgan fingerprint density at radius 3 is 2.42 bits per heavy atom. The number of benzene rings is 1. The van der Waals surface area contributed by atoms with Gasteiger partial charge in [0.1, 0.15) is 0 Å². The molecule has 2 saturated heterocycles. The molecule has 1 atom stereocenters. The molecule has 2 aliphatic heterocycles. The summed E-state index contributed by atoms with van der Waals surface area (Å²) in [5.74, 6) is 0.665. The monoisotopic (exact) mass is 474 g/mol. The number of ether oxygens (including phenoxy) is 1. The van der Waals surface area contributed by atoms with E-state index in [9.17, 15) is 4.79 Å². The molecule has 2 aliphatic rings. The highest BCUT2D eigenvalue weighted by atomic mass is 35.5. The predicted octanol–water partition coefficient (Wildman–Crippen LogP) is 3.92. The van der Waals surface area contributed by atoms with E-state index in [1.165, 1.54) is 5.56 Å². The number of hydrogen-bond acceptors (Lipinski definition) is 4. The van der Waals surface area contributed by atoms with Gasteiger partial charge in [0.25, 0.3) is 0 Å². The normalized spacial score (nSPS) is 18.3. The topological polar surface area (TPSA) is 62.0 Å². The van der Waals surface area contributed by atoms with E-state index in [0.717, 1.165) is 70.6 Å². The largest absolute Gasteiger partial charge is 0.399 e. The Bertz CT molecular complexity index is 650. The van der Waals surface area contributed by atoms with E-state index < -0.39 is 0 Å². The molecule has 2 amide bonds. The zero-order valence-corrected chi connectivity index (χ0v) is 20.6. The summed E-state index contributed by atoms with van der Waals surface area (Å²) in [6.45, 7) is 11.4. The van der Waals surface area contributed by atoms with Crippen molar-refractivity contribution in [1.82, 2.24) is 14.7 Å². The van der Waals surface area contributed by atoms with Gasteiger partial charge >= 0.3 is 6.03 Å². The van der Waals surface area contributed by atoms with Crippen LogP contribution in [0.5, 0.6) is 0 Å². The van der Waals surface area contributed by atoms with Crippen molar-refractivity contribution in [3.05, 3.63) is 29.8 Å². The maximum Gasteiger partial charge on any atom is 0.320 e. The van der Waals surface area contributed by atoms with Crippen LogP contribution in [-0.4, -0.2) is 79.3 Å². The smallest absolute Gasteiger partial charge is 0.320 e. The molecule has 0 aliphatic carbocycles. The van der Waals surface area contributed by atoms with E-state index in [1.807, 2.05) is 21.9 Å². The van der Waals surface area contributed by atoms with Gasteiger partial charge in [0.05, 0.1) is 13.2 Å². The lowest BCUT2D eigenvalue weighted by atomic mass is 9.95. The summed E-state index contributed by atoms with van der Waals surface area (Å²) in [5.41, 5.74) is 8.11. The van der Waals surface area contributed by atoms with Crippen molar-refractivity contribution in [1.29, 1.82) is 0 Å². The van der Waals surface area contributed by atoms with Crippen LogP contribution in [0.15, 0.2) is 24.3 Å². The number of carbonyl (C=O) groups is 1. The first kappa shape index (κ1) is 27.8. The van der Waals surface area contributed by atoms with Gasteiger partial charge in [-0.15, -0.1) is 24.8 Å². The summed E-state index contributed by atoms with van der Waals surface area (Å²) in [6.07, 6.45) is 4.39. The molecule has 6 nitrogen and oxygen atoms in total. The Kier molecular flexibility index (Phi) is 12.6. The quantitative estimate of drug-likeness (QED) is 0.608. The lowest BCUT2D eigenvalue weighted by Gasteiger charge is -2.39. The van der Waals surface area contributed by atoms with Gasteiger partial charge in [0.2, 0.25) is 0 Å². The van der Waals surface area contributed by atoms with E-state index in [4.69, 9.17) is 10.5 Å². The summed E-state index contributed by atoms with van der Waals surface area (Å²) in [7, 11) is 0. The van der Waals surface area contributed by atoms with E-state index >= 15 is 0 Å². The first-order chi connectivity index (χ1) is 14.1. The molecule has 2 N–H and O–H groups in total. The molecule has 0 aromatic heterocycles. The lowest BCUT2D eigenvalue weighted by Crippen LogP contribution is -2.51. The van der Waals surface area contributed by atoms with Gasteiger partial charge in [-0.25, -0.2) is 4.79 Å². The number of hydrogen-bond donors (Lipinski definition) is 1. The van der Waals surface area contributed by atoms with Crippen LogP contribution in [0.2, 0.25) is 0 Å². The zero-order chi connectivity index (χ0) is 20.6. The number of carbonyl (C=O) groups excluding carboxylic acids is 1. The van der Waals surface area contributed by atoms with E-state index in [0.29, 0.717) is 25.2 Å². The van der Waals surface area contributed by atoms with Gasteiger partial charge in [0.15, 0.2) is 0 Å². The Morgan fingerprint density at radius 2 is 1.81 bits per heavy atom. The molecule has 31 heavy (non-hydrogen) atoms. The number of amides is 2. The zero-order valence-electron chi connectivity index (χ0n) is 19.0. The van der Waals surface area contributed by atoms with Crippen LogP contribution in [0.4, 0.5) is 10.5 Å². The summed E-state index contributed by atoms with van der Waals surface area (Å²) in [4.78, 5) is 19.3. The molecule has 1 unspecified atom stereocenters. The molecule has 1 aromatic rings. The number of urea groups is 1. The molecule has 3 rings (SSSR count). The van der Waals surface area contributed by atoms with Crippen molar-refractivity contribution in [2.45, 2.75) is 45.6 Å². The summed E-state index contributed by atoms with van der Waals surface area (Å²) in [5, 5.41) is 0. The molecule has 2 heterocycles. The van der Waals surface area contributed by atoms with Gasteiger partial charge in [-0.2, -0.15) is 0 Å². The average Bonchev–Trinajstić information content (AvgIpc) is 2.74. The van der Waals surface area contributed by atoms with Gasteiger partial charge < -0.3 is 25.2 Å². The number of anilines is 1. The number of halogens is 2. The van der Waals surface area contributed by atoms with E-state index in [1.54, 1.807) is 0 Å². The minimum atomic E-state index is 0. The highest BCUT2D eigenvalue weighted by Crippen LogP contribution is 2.22. The Balaban J connectivity index is 0.00000240. The maximum atomic E-state index is 12.7. The standard InChI is InChI=1S/C23H38N4O2.2ClH/c1-3-9-27(19(2)16-21-5-4-6-22(24)17-21)18-20-7-10-25(11-8-20)23(28)26-12-14-29-15-13-26;;/h4-6,17,19-20H,3,7-16,18,24H2,1-2H3;2*1H. The minimum Gasteiger partial charge on any atom is -0.399 e. The van der Waals surface area contributed by atoms with Crippen molar-refractivity contribution in [2.75, 3.05) is 58.2 Å². The summed E-state index contributed by atoms with van der Waals surface area (Å²) < 4.78 is 5.37. The van der Waals surface area contributed by atoms with Crippen molar-refractivity contribution < 1.29 is 9.53 Å². The Hall–Kier alpha value is -1.21. The molecular weight excluding hydrogens is 435 g/mol. The first-order valence-electron chi connectivity index (χ1n) is 11.3. The van der Waals surface area contributed by atoms with Crippen LogP contribution in [-0.2, 0) is 11.2 Å². The lowest BCUT2D eigenvalue weighted by molar-refractivity contribution is 0.0386. The third-order valence-electron chi connectivity index (χ3n) is 6.28. The average molecular weight is 476 g/mol. The molecule has 2 fully saturated rings. The second-order valence-electron chi connectivity index (χ2n) is 8.61. The third kappa shape index (κ3) is 8.33. The molecule has 0 bridgehead atoms. The predicted molar refractivity (Wildman–Crippen MR) is 132 cm³/mol. The number of nitrogen functional groups attached to an aromatic ring is 1. The first-order valence-corrected chi connectivity index (χ1v) is 11.3. The molecule has 0 spiro atoms. The number of nitrogens with zero attached hydrogens (tertiary/aromatic N) is 3. The second kappa shape index (κ2) is 14.0. The van der Waals surface area contributed by atoms with Crippen molar-refractivity contribution in [3.8, 4) is 0 Å². The van der Waals surface area contributed by atoms with Crippen LogP contribution in [0, 0.1) is 5.92 Å².